The van der Waals surface area contributed by atoms with Crippen LogP contribution in [0, 0.1) is 11.9 Å². The number of rotatable bonds is 6. The molecule has 20 heavy (non-hydrogen) atoms. The van der Waals surface area contributed by atoms with Crippen molar-refractivity contribution in [1.82, 2.24) is 4.98 Å². The number of anilines is 1. The first kappa shape index (κ1) is 14.5. The summed E-state index contributed by atoms with van der Waals surface area (Å²) in [7, 11) is 0. The molecule has 2 rings (SSSR count). The summed E-state index contributed by atoms with van der Waals surface area (Å²) in [6.45, 7) is 6.08. The summed E-state index contributed by atoms with van der Waals surface area (Å²) < 4.78 is 14.3. The third-order valence-electron chi connectivity index (χ3n) is 3.38. The molecule has 1 heterocycles. The SMILES string of the molecule is CCCCN(CC)c1c[c]c(-c2ccncc2)c(F)c1. The van der Waals surface area contributed by atoms with Crippen molar-refractivity contribution in [2.75, 3.05) is 18.0 Å². The Morgan fingerprint density at radius 1 is 1.25 bits per heavy atom. The molecule has 0 N–H and O–H groups in total. The zero-order valence-corrected chi connectivity index (χ0v) is 12.1. The lowest BCUT2D eigenvalue weighted by Gasteiger charge is -2.23. The van der Waals surface area contributed by atoms with E-state index in [4.69, 9.17) is 0 Å². The lowest BCUT2D eigenvalue weighted by atomic mass is 10.1. The number of aromatic nitrogens is 1. The van der Waals surface area contributed by atoms with Crippen molar-refractivity contribution in [1.29, 1.82) is 0 Å². The fourth-order valence-corrected chi connectivity index (χ4v) is 2.20. The van der Waals surface area contributed by atoms with Crippen LogP contribution in [0.3, 0.4) is 0 Å². The van der Waals surface area contributed by atoms with Gasteiger partial charge in [0.25, 0.3) is 0 Å². The van der Waals surface area contributed by atoms with E-state index in [2.05, 4.69) is 29.8 Å². The lowest BCUT2D eigenvalue weighted by molar-refractivity contribution is 0.629. The van der Waals surface area contributed by atoms with Crippen LogP contribution in [0.25, 0.3) is 11.1 Å². The van der Waals surface area contributed by atoms with Gasteiger partial charge in [-0.15, -0.1) is 0 Å². The quantitative estimate of drug-likeness (QED) is 0.778. The van der Waals surface area contributed by atoms with Crippen molar-refractivity contribution in [3.8, 4) is 11.1 Å². The molecule has 0 spiro atoms. The van der Waals surface area contributed by atoms with Crippen LogP contribution in [0.5, 0.6) is 0 Å². The van der Waals surface area contributed by atoms with Gasteiger partial charge < -0.3 is 4.90 Å². The average molecular weight is 271 g/mol. The molecule has 0 saturated carbocycles. The highest BCUT2D eigenvalue weighted by molar-refractivity contribution is 5.66. The number of hydrogen-bond donors (Lipinski definition) is 0. The molecule has 0 amide bonds. The zero-order chi connectivity index (χ0) is 14.4. The number of halogens is 1. The summed E-state index contributed by atoms with van der Waals surface area (Å²) in [6.07, 6.45) is 5.58. The van der Waals surface area contributed by atoms with Gasteiger partial charge in [-0.3, -0.25) is 4.98 Å². The van der Waals surface area contributed by atoms with Crippen molar-refractivity contribution < 1.29 is 4.39 Å². The van der Waals surface area contributed by atoms with Crippen LogP contribution in [-0.4, -0.2) is 18.1 Å². The van der Waals surface area contributed by atoms with Crippen molar-refractivity contribution in [2.24, 2.45) is 0 Å². The molecule has 0 unspecified atom stereocenters. The van der Waals surface area contributed by atoms with Crippen LogP contribution in [0.15, 0.2) is 36.7 Å². The zero-order valence-electron chi connectivity index (χ0n) is 12.1. The summed E-state index contributed by atoms with van der Waals surface area (Å²) in [5.41, 5.74) is 2.21. The Morgan fingerprint density at radius 2 is 2.00 bits per heavy atom. The predicted octanol–water partition coefficient (Wildman–Crippen LogP) is 4.31. The van der Waals surface area contributed by atoms with Crippen LogP contribution in [-0.2, 0) is 0 Å². The van der Waals surface area contributed by atoms with E-state index in [0.717, 1.165) is 37.2 Å². The Bertz CT molecular complexity index is 540. The maximum absolute atomic E-state index is 14.3. The summed E-state index contributed by atoms with van der Waals surface area (Å²) in [5, 5.41) is 0. The van der Waals surface area contributed by atoms with E-state index < -0.39 is 0 Å². The maximum Gasteiger partial charge on any atom is 0.133 e. The molecule has 2 aromatic rings. The standard InChI is InChI=1S/C17H20FN2/c1-3-5-12-20(4-2)15-6-7-16(17(18)13-15)14-8-10-19-11-9-14/h6,8-11,13H,3-5,12H2,1-2H3. The first-order valence-corrected chi connectivity index (χ1v) is 7.12. The first-order chi connectivity index (χ1) is 9.76. The smallest absolute Gasteiger partial charge is 0.133 e. The number of benzene rings is 1. The fourth-order valence-electron chi connectivity index (χ4n) is 2.20. The van der Waals surface area contributed by atoms with E-state index in [0.29, 0.717) is 5.56 Å². The summed E-state index contributed by atoms with van der Waals surface area (Å²) >= 11 is 0. The lowest BCUT2D eigenvalue weighted by Crippen LogP contribution is -2.23. The van der Waals surface area contributed by atoms with Crippen molar-refractivity contribution >= 4 is 5.69 Å². The minimum atomic E-state index is -0.233. The second-order valence-electron chi connectivity index (χ2n) is 4.75. The van der Waals surface area contributed by atoms with Crippen molar-refractivity contribution in [2.45, 2.75) is 26.7 Å². The molecule has 105 valence electrons. The summed E-state index contributed by atoms with van der Waals surface area (Å²) in [5.74, 6) is -0.233. The van der Waals surface area contributed by atoms with Crippen LogP contribution in [0.4, 0.5) is 10.1 Å². The molecule has 0 aliphatic carbocycles. The normalized spacial score (nSPS) is 10.6. The fraction of sp³-hybridized carbons (Fsp3) is 0.353. The molecule has 1 radical (unpaired) electrons. The van der Waals surface area contributed by atoms with Crippen molar-refractivity contribution in [3.05, 3.63) is 48.5 Å². The Morgan fingerprint density at radius 3 is 2.60 bits per heavy atom. The Labute approximate surface area is 120 Å². The van der Waals surface area contributed by atoms with Crippen LogP contribution >= 0.6 is 0 Å². The topological polar surface area (TPSA) is 16.1 Å². The number of nitrogens with zero attached hydrogens (tertiary/aromatic N) is 2. The minimum Gasteiger partial charge on any atom is -0.372 e. The van der Waals surface area contributed by atoms with Crippen LogP contribution in [0.2, 0.25) is 0 Å². The Kier molecular flexibility index (Phi) is 5.10. The Balaban J connectivity index is 2.25. The average Bonchev–Trinajstić information content (AvgIpc) is 2.49. The molecule has 3 heteroatoms. The van der Waals surface area contributed by atoms with E-state index in [1.807, 2.05) is 6.07 Å². The van der Waals surface area contributed by atoms with Gasteiger partial charge in [0, 0.05) is 36.7 Å². The second kappa shape index (κ2) is 7.04. The number of pyridine rings is 1. The molecule has 1 aromatic carbocycles. The molecule has 0 fully saturated rings. The molecule has 2 nitrogen and oxygen atoms in total. The van der Waals surface area contributed by atoms with Gasteiger partial charge in [0.2, 0.25) is 0 Å². The van der Waals surface area contributed by atoms with Gasteiger partial charge in [-0.25, -0.2) is 4.39 Å². The summed E-state index contributed by atoms with van der Waals surface area (Å²) in [4.78, 5) is 6.13. The van der Waals surface area contributed by atoms with E-state index in [1.165, 1.54) is 0 Å². The Hall–Kier alpha value is -1.90. The minimum absolute atomic E-state index is 0.233. The predicted molar refractivity (Wildman–Crippen MR) is 81.3 cm³/mol. The van der Waals surface area contributed by atoms with Crippen LogP contribution < -0.4 is 4.90 Å². The third-order valence-corrected chi connectivity index (χ3v) is 3.38. The van der Waals surface area contributed by atoms with E-state index in [-0.39, 0.29) is 5.82 Å². The maximum atomic E-state index is 14.3. The van der Waals surface area contributed by atoms with Crippen molar-refractivity contribution in [3.63, 3.8) is 0 Å². The molecular weight excluding hydrogens is 251 g/mol. The van der Waals surface area contributed by atoms with Gasteiger partial charge in [0.15, 0.2) is 0 Å². The van der Waals surface area contributed by atoms with Crippen LogP contribution in [0.1, 0.15) is 26.7 Å². The second-order valence-corrected chi connectivity index (χ2v) is 4.75. The van der Waals surface area contributed by atoms with Gasteiger partial charge >= 0.3 is 0 Å². The molecule has 0 atom stereocenters. The largest absolute Gasteiger partial charge is 0.372 e. The molecule has 0 aliphatic heterocycles. The highest BCUT2D eigenvalue weighted by atomic mass is 19.1. The molecule has 0 aliphatic rings. The summed E-state index contributed by atoms with van der Waals surface area (Å²) in [6, 6.07) is 10.1. The van der Waals surface area contributed by atoms with E-state index in [9.17, 15) is 4.39 Å². The van der Waals surface area contributed by atoms with E-state index in [1.54, 1.807) is 30.6 Å². The molecule has 0 bridgehead atoms. The monoisotopic (exact) mass is 271 g/mol. The van der Waals surface area contributed by atoms with Gasteiger partial charge in [0.1, 0.15) is 5.82 Å². The molecule has 0 saturated heterocycles. The molecular formula is C17H20FN2. The van der Waals surface area contributed by atoms with Gasteiger partial charge in [0.05, 0.1) is 0 Å². The first-order valence-electron chi connectivity index (χ1n) is 7.12. The van der Waals surface area contributed by atoms with Gasteiger partial charge in [-0.05, 0) is 49.2 Å². The highest BCUT2D eigenvalue weighted by Gasteiger charge is 2.10. The third kappa shape index (κ3) is 3.35. The molecule has 1 aromatic heterocycles. The van der Waals surface area contributed by atoms with Gasteiger partial charge in [-0.1, -0.05) is 13.3 Å². The number of unbranched alkanes of at least 4 members (excludes halogenated alkanes) is 1. The van der Waals surface area contributed by atoms with E-state index >= 15 is 0 Å². The highest BCUT2D eigenvalue weighted by Crippen LogP contribution is 2.26. The number of hydrogen-bond acceptors (Lipinski definition) is 2. The van der Waals surface area contributed by atoms with Gasteiger partial charge in [-0.2, -0.15) is 0 Å².